The average Bonchev–Trinajstić information content (AvgIpc) is 3.03. The van der Waals surface area contributed by atoms with Crippen molar-refractivity contribution < 1.29 is 4.79 Å². The minimum atomic E-state index is -0.370. The van der Waals surface area contributed by atoms with Crippen LogP contribution in [0.5, 0.6) is 0 Å². The molecule has 3 aromatic rings. The highest BCUT2D eigenvalue weighted by Gasteiger charge is 2.16. The maximum atomic E-state index is 12.5. The van der Waals surface area contributed by atoms with Crippen LogP contribution in [-0.4, -0.2) is 10.5 Å². The summed E-state index contributed by atoms with van der Waals surface area (Å²) >= 11 is 0. The van der Waals surface area contributed by atoms with E-state index in [1.807, 2.05) is 56.3 Å². The Bertz CT molecular complexity index is 1140. The van der Waals surface area contributed by atoms with E-state index in [2.05, 4.69) is 54.9 Å². The Balaban J connectivity index is 1.85. The lowest BCUT2D eigenvalue weighted by Crippen LogP contribution is -2.23. The van der Waals surface area contributed by atoms with Crippen LogP contribution in [0.4, 0.5) is 0 Å². The van der Waals surface area contributed by atoms with Gasteiger partial charge in [-0.3, -0.25) is 4.79 Å². The molecule has 4 nitrogen and oxygen atoms in total. The SMILES string of the molecule is Cc1cc(C=C(C#N)C(=O)NCc2ccccc2)c(C)n1-c1ccc(C(C)(C)C)cc1. The zero-order valence-corrected chi connectivity index (χ0v) is 18.9. The fourth-order valence-electron chi connectivity index (χ4n) is 3.62. The van der Waals surface area contributed by atoms with Crippen LogP contribution in [0.15, 0.2) is 66.2 Å². The number of aryl methyl sites for hydroxylation is 1. The topological polar surface area (TPSA) is 57.8 Å². The van der Waals surface area contributed by atoms with Crippen LogP contribution in [0.25, 0.3) is 11.8 Å². The predicted octanol–water partition coefficient (Wildman–Crippen LogP) is 5.62. The van der Waals surface area contributed by atoms with Gasteiger partial charge in [0.1, 0.15) is 11.6 Å². The average molecular weight is 412 g/mol. The number of amides is 1. The second-order valence-electron chi connectivity index (χ2n) is 8.80. The van der Waals surface area contributed by atoms with E-state index in [-0.39, 0.29) is 16.9 Å². The van der Waals surface area contributed by atoms with Crippen molar-refractivity contribution in [3.8, 4) is 11.8 Å². The molecule has 0 unspecified atom stereocenters. The third-order valence-corrected chi connectivity index (χ3v) is 5.42. The van der Waals surface area contributed by atoms with Crippen molar-refractivity contribution in [3.05, 3.63) is 94.3 Å². The van der Waals surface area contributed by atoms with E-state index >= 15 is 0 Å². The Labute approximate surface area is 184 Å². The van der Waals surface area contributed by atoms with E-state index in [1.54, 1.807) is 6.08 Å². The van der Waals surface area contributed by atoms with Gasteiger partial charge in [-0.2, -0.15) is 5.26 Å². The molecule has 1 N–H and O–H groups in total. The van der Waals surface area contributed by atoms with Gasteiger partial charge in [0.25, 0.3) is 5.91 Å². The molecule has 0 atom stereocenters. The van der Waals surface area contributed by atoms with Gasteiger partial charge in [-0.05, 0) is 60.2 Å². The molecule has 0 aliphatic rings. The maximum absolute atomic E-state index is 12.5. The molecule has 1 amide bonds. The standard InChI is InChI=1S/C27H29N3O/c1-19-15-22(16-23(17-28)26(31)29-18-21-9-7-6-8-10-21)20(2)30(19)25-13-11-24(12-14-25)27(3,4)5/h6-16H,18H2,1-5H3,(H,29,31). The highest BCUT2D eigenvalue weighted by atomic mass is 16.1. The van der Waals surface area contributed by atoms with Crippen molar-refractivity contribution in [2.75, 3.05) is 0 Å². The number of hydrogen-bond acceptors (Lipinski definition) is 2. The highest BCUT2D eigenvalue weighted by molar-refractivity contribution is 6.01. The van der Waals surface area contributed by atoms with Crippen molar-refractivity contribution in [2.24, 2.45) is 0 Å². The highest BCUT2D eigenvalue weighted by Crippen LogP contribution is 2.26. The number of nitriles is 1. The van der Waals surface area contributed by atoms with E-state index in [4.69, 9.17) is 0 Å². The molecule has 0 aliphatic heterocycles. The molecule has 1 aromatic heterocycles. The first kappa shape index (κ1) is 22.1. The summed E-state index contributed by atoms with van der Waals surface area (Å²) < 4.78 is 2.15. The summed E-state index contributed by atoms with van der Waals surface area (Å²) in [6.07, 6.45) is 1.67. The normalized spacial score (nSPS) is 11.8. The van der Waals surface area contributed by atoms with Gasteiger partial charge in [-0.1, -0.05) is 63.2 Å². The number of carbonyl (C=O) groups is 1. The first-order chi connectivity index (χ1) is 14.7. The molecule has 1 heterocycles. The lowest BCUT2D eigenvalue weighted by Gasteiger charge is -2.20. The van der Waals surface area contributed by atoms with Gasteiger partial charge in [0.2, 0.25) is 0 Å². The van der Waals surface area contributed by atoms with E-state index in [9.17, 15) is 10.1 Å². The zero-order chi connectivity index (χ0) is 22.6. The summed E-state index contributed by atoms with van der Waals surface area (Å²) in [6.45, 7) is 11.0. The van der Waals surface area contributed by atoms with Crippen molar-refractivity contribution in [3.63, 3.8) is 0 Å². The number of hydrogen-bond donors (Lipinski definition) is 1. The monoisotopic (exact) mass is 411 g/mol. The van der Waals surface area contributed by atoms with E-state index < -0.39 is 0 Å². The van der Waals surface area contributed by atoms with Crippen molar-refractivity contribution in [2.45, 2.75) is 46.6 Å². The fourth-order valence-corrected chi connectivity index (χ4v) is 3.62. The summed E-state index contributed by atoms with van der Waals surface area (Å²) in [5.74, 6) is -0.370. The number of nitrogens with one attached hydrogen (secondary N) is 1. The zero-order valence-electron chi connectivity index (χ0n) is 18.9. The third-order valence-electron chi connectivity index (χ3n) is 5.42. The molecule has 31 heavy (non-hydrogen) atoms. The second kappa shape index (κ2) is 9.06. The number of nitrogens with zero attached hydrogens (tertiary/aromatic N) is 2. The Kier molecular flexibility index (Phi) is 6.46. The quantitative estimate of drug-likeness (QED) is 0.438. The minimum Gasteiger partial charge on any atom is -0.347 e. The Morgan fingerprint density at radius 3 is 2.29 bits per heavy atom. The molecule has 0 saturated carbocycles. The van der Waals surface area contributed by atoms with Gasteiger partial charge in [0, 0.05) is 23.6 Å². The molecule has 3 rings (SSSR count). The van der Waals surface area contributed by atoms with Crippen molar-refractivity contribution in [1.82, 2.24) is 9.88 Å². The molecular weight excluding hydrogens is 382 g/mol. The summed E-state index contributed by atoms with van der Waals surface area (Å²) in [6, 6.07) is 22.2. The van der Waals surface area contributed by atoms with E-state index in [0.29, 0.717) is 6.54 Å². The summed E-state index contributed by atoms with van der Waals surface area (Å²) in [5, 5.41) is 12.4. The smallest absolute Gasteiger partial charge is 0.262 e. The lowest BCUT2D eigenvalue weighted by molar-refractivity contribution is -0.117. The molecule has 0 spiro atoms. The van der Waals surface area contributed by atoms with Gasteiger partial charge in [0.15, 0.2) is 0 Å². The van der Waals surface area contributed by atoms with Gasteiger partial charge < -0.3 is 9.88 Å². The van der Waals surface area contributed by atoms with Crippen LogP contribution in [0.3, 0.4) is 0 Å². The van der Waals surface area contributed by atoms with Crippen LogP contribution in [0.1, 0.15) is 48.8 Å². The predicted molar refractivity (Wildman–Crippen MR) is 126 cm³/mol. The Morgan fingerprint density at radius 2 is 1.71 bits per heavy atom. The minimum absolute atomic E-state index is 0.0965. The molecule has 0 saturated heterocycles. The lowest BCUT2D eigenvalue weighted by atomic mass is 9.87. The van der Waals surface area contributed by atoms with Crippen LogP contribution in [-0.2, 0) is 16.8 Å². The van der Waals surface area contributed by atoms with Crippen molar-refractivity contribution in [1.29, 1.82) is 5.26 Å². The molecule has 0 aliphatic carbocycles. The maximum Gasteiger partial charge on any atom is 0.262 e. The van der Waals surface area contributed by atoms with Gasteiger partial charge in [0.05, 0.1) is 0 Å². The fraction of sp³-hybridized carbons (Fsp3) is 0.259. The molecular formula is C27H29N3O. The Hall–Kier alpha value is -3.58. The van der Waals surface area contributed by atoms with Gasteiger partial charge in [-0.25, -0.2) is 0 Å². The number of aromatic nitrogens is 1. The molecule has 0 radical (unpaired) electrons. The van der Waals surface area contributed by atoms with Crippen LogP contribution in [0, 0.1) is 25.2 Å². The number of carbonyl (C=O) groups excluding carboxylic acids is 1. The summed E-state index contributed by atoms with van der Waals surface area (Å²) in [7, 11) is 0. The molecule has 4 heteroatoms. The summed E-state index contributed by atoms with van der Waals surface area (Å²) in [4.78, 5) is 12.5. The molecule has 0 bridgehead atoms. The van der Waals surface area contributed by atoms with Crippen LogP contribution in [0.2, 0.25) is 0 Å². The van der Waals surface area contributed by atoms with Crippen molar-refractivity contribution >= 4 is 12.0 Å². The first-order valence-corrected chi connectivity index (χ1v) is 10.4. The second-order valence-corrected chi connectivity index (χ2v) is 8.80. The van der Waals surface area contributed by atoms with Gasteiger partial charge >= 0.3 is 0 Å². The molecule has 2 aromatic carbocycles. The van der Waals surface area contributed by atoms with E-state index in [1.165, 1.54) is 5.56 Å². The Morgan fingerprint density at radius 1 is 1.06 bits per heavy atom. The van der Waals surface area contributed by atoms with E-state index in [0.717, 1.165) is 28.2 Å². The van der Waals surface area contributed by atoms with Crippen LogP contribution >= 0.6 is 0 Å². The molecule has 158 valence electrons. The van der Waals surface area contributed by atoms with Gasteiger partial charge in [-0.15, -0.1) is 0 Å². The first-order valence-electron chi connectivity index (χ1n) is 10.4. The molecule has 0 fully saturated rings. The van der Waals surface area contributed by atoms with Crippen LogP contribution < -0.4 is 5.32 Å². The number of rotatable bonds is 5. The number of benzene rings is 2. The third kappa shape index (κ3) is 5.13. The largest absolute Gasteiger partial charge is 0.347 e. The summed E-state index contributed by atoms with van der Waals surface area (Å²) in [5.41, 5.74) is 6.43.